The number of amides is 1. The lowest BCUT2D eigenvalue weighted by Crippen LogP contribution is -2.12. The lowest BCUT2D eigenvalue weighted by molar-refractivity contribution is 0.0696. The third-order valence-corrected chi connectivity index (χ3v) is 5.04. The fourth-order valence-electron chi connectivity index (χ4n) is 3.58. The molecule has 0 aliphatic heterocycles. The minimum Gasteiger partial charge on any atom is -0.478 e. The number of rotatable bonds is 6. The van der Waals surface area contributed by atoms with Gasteiger partial charge in [0, 0.05) is 10.9 Å². The second-order valence-electron chi connectivity index (χ2n) is 6.97. The molecule has 1 amide bonds. The molecule has 0 saturated heterocycles. The van der Waals surface area contributed by atoms with Crippen LogP contribution in [0.1, 0.15) is 33.3 Å². The second-order valence-corrected chi connectivity index (χ2v) is 6.97. The number of benzene rings is 3. The number of carboxylic acids is 1. The van der Waals surface area contributed by atoms with Crippen LogP contribution in [0.4, 0.5) is 0 Å². The molecule has 1 aromatic heterocycles. The van der Waals surface area contributed by atoms with Crippen molar-refractivity contribution < 1.29 is 19.4 Å². The number of carboxylic acid groups (broad SMARTS) is 1. The molecule has 4 rings (SSSR count). The largest absolute Gasteiger partial charge is 0.478 e. The van der Waals surface area contributed by atoms with E-state index in [-0.39, 0.29) is 11.3 Å². The average Bonchev–Trinajstić information content (AvgIpc) is 2.78. The van der Waals surface area contributed by atoms with Crippen molar-refractivity contribution in [2.24, 2.45) is 5.73 Å². The van der Waals surface area contributed by atoms with E-state index >= 15 is 0 Å². The van der Waals surface area contributed by atoms with E-state index in [2.05, 4.69) is 4.98 Å². The molecule has 6 heteroatoms. The topological polar surface area (TPSA) is 103 Å². The fraction of sp³-hybridized carbons (Fsp3) is 0.0800. The van der Waals surface area contributed by atoms with Crippen LogP contribution in [0.25, 0.3) is 22.0 Å². The molecular formula is C25H20N2O4. The Hall–Kier alpha value is -4.19. The number of ether oxygens (including phenoxy) is 1. The number of carbonyl (C=O) groups is 2. The fourth-order valence-corrected chi connectivity index (χ4v) is 3.58. The Morgan fingerprint density at radius 2 is 1.65 bits per heavy atom. The van der Waals surface area contributed by atoms with Crippen molar-refractivity contribution in [3.8, 4) is 22.6 Å². The van der Waals surface area contributed by atoms with Gasteiger partial charge in [-0.3, -0.25) is 4.79 Å². The minimum atomic E-state index is -1.07. The summed E-state index contributed by atoms with van der Waals surface area (Å²) in [5, 5.41) is 10.4. The third kappa shape index (κ3) is 3.83. The van der Waals surface area contributed by atoms with Gasteiger partial charge in [0.05, 0.1) is 11.2 Å². The first-order valence-electron chi connectivity index (χ1n) is 9.81. The minimum absolute atomic E-state index is 0.0885. The van der Waals surface area contributed by atoms with Gasteiger partial charge in [0.25, 0.3) is 0 Å². The monoisotopic (exact) mass is 412 g/mol. The van der Waals surface area contributed by atoms with Crippen LogP contribution >= 0.6 is 0 Å². The molecule has 3 aromatic carbocycles. The number of hydrogen-bond donors (Lipinski definition) is 2. The molecule has 0 bridgehead atoms. The smallest absolute Gasteiger partial charge is 0.340 e. The highest BCUT2D eigenvalue weighted by atomic mass is 16.5. The molecule has 0 aliphatic rings. The van der Waals surface area contributed by atoms with Crippen molar-refractivity contribution in [1.29, 1.82) is 0 Å². The van der Waals surface area contributed by atoms with Gasteiger partial charge in [-0.2, -0.15) is 0 Å². The molecular weight excluding hydrogens is 392 g/mol. The molecule has 0 aliphatic carbocycles. The van der Waals surface area contributed by atoms with Gasteiger partial charge in [-0.15, -0.1) is 0 Å². The summed E-state index contributed by atoms with van der Waals surface area (Å²) in [5.41, 5.74) is 8.69. The van der Waals surface area contributed by atoms with E-state index < -0.39 is 11.9 Å². The van der Waals surface area contributed by atoms with E-state index in [1.807, 2.05) is 25.1 Å². The number of aromatic carboxylic acids is 1. The van der Waals surface area contributed by atoms with Crippen molar-refractivity contribution in [2.75, 3.05) is 0 Å². The quantitative estimate of drug-likeness (QED) is 0.461. The van der Waals surface area contributed by atoms with Crippen LogP contribution in [-0.4, -0.2) is 22.0 Å². The highest BCUT2D eigenvalue weighted by molar-refractivity contribution is 6.05. The zero-order valence-corrected chi connectivity index (χ0v) is 16.8. The Balaban J connectivity index is 1.76. The molecule has 6 nitrogen and oxygen atoms in total. The maximum absolute atomic E-state index is 12.1. The van der Waals surface area contributed by atoms with Gasteiger partial charge in [-0.25, -0.2) is 9.78 Å². The van der Waals surface area contributed by atoms with Crippen LogP contribution in [0.2, 0.25) is 0 Å². The SMILES string of the molecule is CCc1nc2ccccc2c(C(=O)O)c1Oc1ccc(-c2ccccc2C(N)=O)cc1. The van der Waals surface area contributed by atoms with Crippen LogP contribution < -0.4 is 10.5 Å². The molecule has 1 heterocycles. The molecule has 0 unspecified atom stereocenters. The first kappa shape index (κ1) is 20.1. The zero-order valence-electron chi connectivity index (χ0n) is 16.8. The second kappa shape index (κ2) is 8.28. The molecule has 0 spiro atoms. The lowest BCUT2D eigenvalue weighted by Gasteiger charge is -2.15. The van der Waals surface area contributed by atoms with Gasteiger partial charge >= 0.3 is 5.97 Å². The molecule has 0 fully saturated rings. The number of fused-ring (bicyclic) bond motifs is 1. The Labute approximate surface area is 178 Å². The predicted octanol–water partition coefficient (Wildman–Crippen LogP) is 5.05. The van der Waals surface area contributed by atoms with E-state index in [1.54, 1.807) is 54.6 Å². The molecule has 154 valence electrons. The van der Waals surface area contributed by atoms with Crippen molar-refractivity contribution >= 4 is 22.8 Å². The highest BCUT2D eigenvalue weighted by Crippen LogP contribution is 2.35. The number of nitrogens with zero attached hydrogens (tertiary/aromatic N) is 1. The highest BCUT2D eigenvalue weighted by Gasteiger charge is 2.21. The summed E-state index contributed by atoms with van der Waals surface area (Å²) in [5.74, 6) is -0.874. The molecule has 0 saturated carbocycles. The van der Waals surface area contributed by atoms with Gasteiger partial charge in [0.15, 0.2) is 5.75 Å². The first-order valence-corrected chi connectivity index (χ1v) is 9.81. The Morgan fingerprint density at radius 1 is 0.968 bits per heavy atom. The van der Waals surface area contributed by atoms with E-state index in [0.29, 0.717) is 34.3 Å². The molecule has 0 atom stereocenters. The van der Waals surface area contributed by atoms with Gasteiger partial charge in [0.2, 0.25) is 5.91 Å². The standard InChI is InChI=1S/C25H20N2O4/c1-2-20-23(22(25(29)30)19-9-5-6-10-21(19)27-20)31-16-13-11-15(12-14-16)17-7-3-4-8-18(17)24(26)28/h3-14H,2H2,1H3,(H2,26,28)(H,29,30). The normalized spacial score (nSPS) is 10.7. The van der Waals surface area contributed by atoms with Crippen molar-refractivity contribution in [2.45, 2.75) is 13.3 Å². The number of aromatic nitrogens is 1. The number of primary amides is 1. The molecule has 3 N–H and O–H groups in total. The summed E-state index contributed by atoms with van der Waals surface area (Å²) in [7, 11) is 0. The Morgan fingerprint density at radius 3 is 2.32 bits per heavy atom. The van der Waals surface area contributed by atoms with Gasteiger partial charge in [0.1, 0.15) is 11.3 Å². The number of aryl methyl sites for hydroxylation is 1. The summed E-state index contributed by atoms with van der Waals surface area (Å²) in [4.78, 5) is 28.4. The molecule has 31 heavy (non-hydrogen) atoms. The van der Waals surface area contributed by atoms with E-state index in [0.717, 1.165) is 11.1 Å². The van der Waals surface area contributed by atoms with E-state index in [4.69, 9.17) is 10.5 Å². The molecule has 4 aromatic rings. The Bertz CT molecular complexity index is 1300. The number of pyridine rings is 1. The summed E-state index contributed by atoms with van der Waals surface area (Å²) in [6.07, 6.45) is 0.518. The van der Waals surface area contributed by atoms with Crippen molar-refractivity contribution in [3.63, 3.8) is 0 Å². The van der Waals surface area contributed by atoms with Crippen LogP contribution in [0, 0.1) is 0 Å². The van der Waals surface area contributed by atoms with Crippen LogP contribution in [0.15, 0.2) is 72.8 Å². The van der Waals surface area contributed by atoms with E-state index in [1.165, 1.54) is 0 Å². The third-order valence-electron chi connectivity index (χ3n) is 5.04. The summed E-state index contributed by atoms with van der Waals surface area (Å²) in [6.45, 7) is 1.90. The van der Waals surface area contributed by atoms with Gasteiger partial charge in [-0.05, 0) is 41.8 Å². The maximum Gasteiger partial charge on any atom is 0.340 e. The van der Waals surface area contributed by atoms with E-state index in [9.17, 15) is 14.7 Å². The zero-order chi connectivity index (χ0) is 22.0. The van der Waals surface area contributed by atoms with Crippen LogP contribution in [0.3, 0.4) is 0 Å². The van der Waals surface area contributed by atoms with Crippen molar-refractivity contribution in [1.82, 2.24) is 4.98 Å². The number of carbonyl (C=O) groups excluding carboxylic acids is 1. The Kier molecular flexibility index (Phi) is 5.37. The number of hydrogen-bond acceptors (Lipinski definition) is 4. The van der Waals surface area contributed by atoms with Crippen LogP contribution in [-0.2, 0) is 6.42 Å². The maximum atomic E-state index is 12.1. The number of para-hydroxylation sites is 1. The first-order chi connectivity index (χ1) is 15.0. The summed E-state index contributed by atoms with van der Waals surface area (Å²) < 4.78 is 6.03. The van der Waals surface area contributed by atoms with Crippen LogP contribution in [0.5, 0.6) is 11.5 Å². The van der Waals surface area contributed by atoms with Gasteiger partial charge < -0.3 is 15.6 Å². The van der Waals surface area contributed by atoms with Crippen molar-refractivity contribution in [3.05, 3.63) is 89.6 Å². The number of nitrogens with two attached hydrogens (primary N) is 1. The average molecular weight is 412 g/mol. The summed E-state index contributed by atoms with van der Waals surface area (Å²) in [6, 6.07) is 21.3. The molecule has 0 radical (unpaired) electrons. The lowest BCUT2D eigenvalue weighted by atomic mass is 9.99. The summed E-state index contributed by atoms with van der Waals surface area (Å²) >= 11 is 0. The van der Waals surface area contributed by atoms with Gasteiger partial charge in [-0.1, -0.05) is 55.5 Å². The predicted molar refractivity (Wildman–Crippen MR) is 119 cm³/mol.